The molecule has 98 valence electrons. The summed E-state index contributed by atoms with van der Waals surface area (Å²) in [6, 6.07) is 0.555. The second-order valence-electron chi connectivity index (χ2n) is 5.28. The minimum atomic E-state index is 0.0256. The zero-order chi connectivity index (χ0) is 12.1. The van der Waals surface area contributed by atoms with Crippen LogP contribution in [0.4, 0.5) is 0 Å². The summed E-state index contributed by atoms with van der Waals surface area (Å²) >= 11 is 0. The van der Waals surface area contributed by atoms with E-state index < -0.39 is 0 Å². The van der Waals surface area contributed by atoms with Gasteiger partial charge in [-0.25, -0.2) is 0 Å². The summed E-state index contributed by atoms with van der Waals surface area (Å²) in [5.74, 6) is 0.698. The molecular formula is C14H25NO2. The average Bonchev–Trinajstić information content (AvgIpc) is 2.77. The van der Waals surface area contributed by atoms with E-state index in [1.54, 1.807) is 0 Å². The number of hydrogen-bond acceptors (Lipinski definition) is 3. The normalized spacial score (nSPS) is 35.0. The molecule has 3 nitrogen and oxygen atoms in total. The maximum atomic E-state index is 5.98. The van der Waals surface area contributed by atoms with Crippen LogP contribution >= 0.6 is 0 Å². The third kappa shape index (κ3) is 3.09. The van der Waals surface area contributed by atoms with Gasteiger partial charge in [0.25, 0.3) is 0 Å². The van der Waals surface area contributed by atoms with E-state index in [-0.39, 0.29) is 5.60 Å². The third-order valence-electron chi connectivity index (χ3n) is 4.05. The van der Waals surface area contributed by atoms with E-state index in [0.29, 0.717) is 12.0 Å². The highest BCUT2D eigenvalue weighted by molar-refractivity contribution is 4.95. The highest BCUT2D eigenvalue weighted by atomic mass is 16.6. The van der Waals surface area contributed by atoms with E-state index >= 15 is 0 Å². The second-order valence-corrected chi connectivity index (χ2v) is 5.28. The van der Waals surface area contributed by atoms with Crippen molar-refractivity contribution in [1.82, 2.24) is 5.32 Å². The average molecular weight is 239 g/mol. The molecule has 0 aromatic rings. The molecule has 0 amide bonds. The maximum Gasteiger partial charge on any atom is 0.0939 e. The van der Waals surface area contributed by atoms with Gasteiger partial charge < -0.3 is 14.8 Å². The van der Waals surface area contributed by atoms with Crippen LogP contribution in [-0.4, -0.2) is 38.0 Å². The molecule has 0 aliphatic carbocycles. The van der Waals surface area contributed by atoms with Gasteiger partial charge >= 0.3 is 0 Å². The van der Waals surface area contributed by atoms with Gasteiger partial charge in [-0.3, -0.25) is 0 Å². The van der Waals surface area contributed by atoms with Crippen molar-refractivity contribution >= 4 is 0 Å². The zero-order valence-electron chi connectivity index (χ0n) is 10.9. The van der Waals surface area contributed by atoms with Crippen molar-refractivity contribution in [3.63, 3.8) is 0 Å². The molecule has 2 rings (SSSR count). The third-order valence-corrected chi connectivity index (χ3v) is 4.05. The van der Waals surface area contributed by atoms with Crippen LogP contribution in [0, 0.1) is 5.92 Å². The van der Waals surface area contributed by atoms with Gasteiger partial charge in [0.2, 0.25) is 0 Å². The SMILES string of the molecule is C=CCC(NCC)C1CCOC2(CCOC2)C1. The van der Waals surface area contributed by atoms with Crippen LogP contribution in [0.15, 0.2) is 12.7 Å². The molecule has 0 bridgehead atoms. The molecule has 0 saturated carbocycles. The maximum absolute atomic E-state index is 5.98. The summed E-state index contributed by atoms with van der Waals surface area (Å²) in [4.78, 5) is 0. The van der Waals surface area contributed by atoms with Gasteiger partial charge in [-0.1, -0.05) is 13.0 Å². The monoisotopic (exact) mass is 239 g/mol. The Balaban J connectivity index is 1.96. The minimum Gasteiger partial charge on any atom is -0.378 e. The van der Waals surface area contributed by atoms with Gasteiger partial charge in [0.15, 0.2) is 0 Å². The Bertz CT molecular complexity index is 249. The van der Waals surface area contributed by atoms with Crippen molar-refractivity contribution in [2.75, 3.05) is 26.4 Å². The van der Waals surface area contributed by atoms with E-state index in [1.807, 2.05) is 6.08 Å². The molecular weight excluding hydrogens is 214 g/mol. The highest BCUT2D eigenvalue weighted by Crippen LogP contribution is 2.37. The van der Waals surface area contributed by atoms with Crippen molar-refractivity contribution in [3.8, 4) is 0 Å². The van der Waals surface area contributed by atoms with Crippen molar-refractivity contribution < 1.29 is 9.47 Å². The summed E-state index contributed by atoms with van der Waals surface area (Å²) in [7, 11) is 0. The van der Waals surface area contributed by atoms with Gasteiger partial charge in [0.05, 0.1) is 12.2 Å². The van der Waals surface area contributed by atoms with Gasteiger partial charge in [0.1, 0.15) is 0 Å². The molecule has 2 aliphatic rings. The van der Waals surface area contributed by atoms with Crippen molar-refractivity contribution in [1.29, 1.82) is 0 Å². The highest BCUT2D eigenvalue weighted by Gasteiger charge is 2.42. The van der Waals surface area contributed by atoms with Crippen molar-refractivity contribution in [3.05, 3.63) is 12.7 Å². The topological polar surface area (TPSA) is 30.5 Å². The molecule has 0 aromatic carbocycles. The molecule has 0 radical (unpaired) electrons. The summed E-state index contributed by atoms with van der Waals surface area (Å²) in [5, 5.41) is 3.59. The predicted octanol–water partition coefficient (Wildman–Crippen LogP) is 2.13. The van der Waals surface area contributed by atoms with Gasteiger partial charge in [-0.2, -0.15) is 0 Å². The summed E-state index contributed by atoms with van der Waals surface area (Å²) in [6.45, 7) is 9.60. The largest absolute Gasteiger partial charge is 0.378 e. The molecule has 2 heterocycles. The van der Waals surface area contributed by atoms with E-state index in [9.17, 15) is 0 Å². The van der Waals surface area contributed by atoms with E-state index in [2.05, 4.69) is 18.8 Å². The number of hydrogen-bond donors (Lipinski definition) is 1. The number of nitrogens with one attached hydrogen (secondary N) is 1. The molecule has 1 N–H and O–H groups in total. The second kappa shape index (κ2) is 5.98. The fourth-order valence-electron chi connectivity index (χ4n) is 3.16. The van der Waals surface area contributed by atoms with Crippen LogP contribution in [0.1, 0.15) is 32.6 Å². The molecule has 0 aromatic heterocycles. The van der Waals surface area contributed by atoms with Crippen LogP contribution < -0.4 is 5.32 Å². The van der Waals surface area contributed by atoms with Gasteiger partial charge in [0, 0.05) is 25.7 Å². The molecule has 2 fully saturated rings. The first-order chi connectivity index (χ1) is 8.29. The lowest BCUT2D eigenvalue weighted by molar-refractivity contribution is -0.102. The van der Waals surface area contributed by atoms with Crippen LogP contribution in [0.25, 0.3) is 0 Å². The predicted molar refractivity (Wildman–Crippen MR) is 69.1 cm³/mol. The molecule has 17 heavy (non-hydrogen) atoms. The molecule has 3 heteroatoms. The Hall–Kier alpha value is -0.380. The molecule has 1 spiro atoms. The lowest BCUT2D eigenvalue weighted by atomic mass is 9.80. The fourth-order valence-corrected chi connectivity index (χ4v) is 3.16. The number of ether oxygens (including phenoxy) is 2. The van der Waals surface area contributed by atoms with Crippen LogP contribution in [0.5, 0.6) is 0 Å². The van der Waals surface area contributed by atoms with Crippen LogP contribution in [0.2, 0.25) is 0 Å². The molecule has 2 aliphatic heterocycles. The van der Waals surface area contributed by atoms with Crippen LogP contribution in [0.3, 0.4) is 0 Å². The van der Waals surface area contributed by atoms with Crippen molar-refractivity contribution in [2.45, 2.75) is 44.2 Å². The minimum absolute atomic E-state index is 0.0256. The van der Waals surface area contributed by atoms with Crippen LogP contribution in [-0.2, 0) is 9.47 Å². The van der Waals surface area contributed by atoms with Gasteiger partial charge in [-0.05, 0) is 31.7 Å². The summed E-state index contributed by atoms with van der Waals surface area (Å²) < 4.78 is 11.5. The Labute approximate surface area is 105 Å². The first-order valence-corrected chi connectivity index (χ1v) is 6.85. The molecule has 3 unspecified atom stereocenters. The smallest absolute Gasteiger partial charge is 0.0939 e. The fraction of sp³-hybridized carbons (Fsp3) is 0.857. The first kappa shape index (κ1) is 13.1. The zero-order valence-corrected chi connectivity index (χ0v) is 10.9. The Kier molecular flexibility index (Phi) is 4.60. The van der Waals surface area contributed by atoms with Gasteiger partial charge in [-0.15, -0.1) is 6.58 Å². The lowest BCUT2D eigenvalue weighted by Gasteiger charge is -2.40. The Morgan fingerprint density at radius 3 is 3.06 bits per heavy atom. The standard InChI is InChI=1S/C14H25NO2/c1-3-5-13(15-4-2)12-6-8-17-14(10-12)7-9-16-11-14/h3,12-13,15H,1,4-11H2,2H3. The van der Waals surface area contributed by atoms with E-state index in [0.717, 1.165) is 52.0 Å². The van der Waals surface area contributed by atoms with E-state index in [4.69, 9.17) is 9.47 Å². The first-order valence-electron chi connectivity index (χ1n) is 6.85. The lowest BCUT2D eigenvalue weighted by Crippen LogP contribution is -2.47. The summed E-state index contributed by atoms with van der Waals surface area (Å²) in [6.07, 6.45) is 6.44. The summed E-state index contributed by atoms with van der Waals surface area (Å²) in [5.41, 5.74) is 0.0256. The number of rotatable bonds is 5. The molecule has 3 atom stereocenters. The Morgan fingerprint density at radius 1 is 1.53 bits per heavy atom. The Morgan fingerprint density at radius 2 is 2.41 bits per heavy atom. The quantitative estimate of drug-likeness (QED) is 0.746. The van der Waals surface area contributed by atoms with E-state index in [1.165, 1.54) is 0 Å². The molecule has 2 saturated heterocycles. The van der Waals surface area contributed by atoms with Crippen molar-refractivity contribution in [2.24, 2.45) is 5.92 Å².